The van der Waals surface area contributed by atoms with Crippen LogP contribution in [0.3, 0.4) is 0 Å². The molecule has 0 aliphatic carbocycles. The lowest BCUT2D eigenvalue weighted by Gasteiger charge is -2.41. The Morgan fingerprint density at radius 1 is 1.33 bits per heavy atom. The molecule has 104 valence electrons. The van der Waals surface area contributed by atoms with Crippen molar-refractivity contribution >= 4 is 11.8 Å². The van der Waals surface area contributed by atoms with E-state index in [0.717, 1.165) is 0 Å². The van der Waals surface area contributed by atoms with Crippen LogP contribution in [0.5, 0.6) is 0 Å². The highest BCUT2D eigenvalue weighted by atomic mass is 16.5. The van der Waals surface area contributed by atoms with Crippen LogP contribution in [-0.4, -0.2) is 48.1 Å². The first kappa shape index (κ1) is 15.0. The number of nitrogens with one attached hydrogen (secondary N) is 1. The summed E-state index contributed by atoms with van der Waals surface area (Å²) in [4.78, 5) is 25.8. The number of rotatable bonds is 6. The second-order valence-corrected chi connectivity index (χ2v) is 4.79. The molecule has 2 amide bonds. The maximum absolute atomic E-state index is 12.5. The van der Waals surface area contributed by atoms with Gasteiger partial charge in [0.15, 0.2) is 0 Å². The van der Waals surface area contributed by atoms with Gasteiger partial charge in [-0.1, -0.05) is 13.8 Å². The Bertz CT molecular complexity index is 313. The fourth-order valence-electron chi connectivity index (χ4n) is 2.43. The molecule has 1 saturated heterocycles. The van der Waals surface area contributed by atoms with Crippen molar-refractivity contribution < 1.29 is 14.3 Å². The lowest BCUT2D eigenvalue weighted by Crippen LogP contribution is -2.66. The van der Waals surface area contributed by atoms with Gasteiger partial charge < -0.3 is 15.0 Å². The lowest BCUT2D eigenvalue weighted by molar-refractivity contribution is -0.152. The molecule has 0 aromatic heterocycles. The summed E-state index contributed by atoms with van der Waals surface area (Å²) in [6.45, 7) is 8.92. The Morgan fingerprint density at radius 3 is 2.44 bits per heavy atom. The molecule has 1 aliphatic heterocycles. The monoisotopic (exact) mass is 256 g/mol. The zero-order chi connectivity index (χ0) is 13.8. The van der Waals surface area contributed by atoms with Crippen LogP contribution >= 0.6 is 0 Å². The maximum Gasteiger partial charge on any atom is 0.248 e. The smallest absolute Gasteiger partial charge is 0.248 e. The molecule has 1 atom stereocenters. The molecule has 1 heterocycles. The molecule has 0 radical (unpaired) electrons. The zero-order valence-electron chi connectivity index (χ0n) is 11.8. The number of hydrogen-bond donors (Lipinski definition) is 1. The Morgan fingerprint density at radius 2 is 1.94 bits per heavy atom. The average molecular weight is 256 g/mol. The van der Waals surface area contributed by atoms with Gasteiger partial charge in [-0.3, -0.25) is 9.59 Å². The van der Waals surface area contributed by atoms with Crippen molar-refractivity contribution in [2.45, 2.75) is 52.2 Å². The van der Waals surface area contributed by atoms with Crippen molar-refractivity contribution in [2.24, 2.45) is 0 Å². The highest BCUT2D eigenvalue weighted by Gasteiger charge is 2.44. The van der Waals surface area contributed by atoms with E-state index < -0.39 is 5.54 Å². The minimum Gasteiger partial charge on any atom is -0.377 e. The molecule has 0 saturated carbocycles. The maximum atomic E-state index is 12.5. The molecule has 0 spiro atoms. The average Bonchev–Trinajstić information content (AvgIpc) is 2.33. The van der Waals surface area contributed by atoms with Crippen molar-refractivity contribution in [3.8, 4) is 0 Å². The number of amides is 2. The van der Waals surface area contributed by atoms with Gasteiger partial charge in [0.25, 0.3) is 0 Å². The topological polar surface area (TPSA) is 58.6 Å². The Balaban J connectivity index is 2.79. The molecular formula is C13H24N2O3. The zero-order valence-corrected chi connectivity index (χ0v) is 11.8. The first-order valence-corrected chi connectivity index (χ1v) is 6.71. The van der Waals surface area contributed by atoms with E-state index in [9.17, 15) is 9.59 Å². The van der Waals surface area contributed by atoms with E-state index in [4.69, 9.17) is 4.74 Å². The number of ether oxygens (including phenoxy) is 1. The summed E-state index contributed by atoms with van der Waals surface area (Å²) in [7, 11) is 0. The molecule has 5 heteroatoms. The van der Waals surface area contributed by atoms with E-state index in [2.05, 4.69) is 5.32 Å². The van der Waals surface area contributed by atoms with Gasteiger partial charge in [-0.05, 0) is 26.7 Å². The van der Waals surface area contributed by atoms with Gasteiger partial charge in [0.1, 0.15) is 5.54 Å². The largest absolute Gasteiger partial charge is 0.377 e. The second kappa shape index (κ2) is 6.18. The SMILES string of the molecule is CCOC(C)CN1CC(=O)NC(CC)(CC)C1=O. The van der Waals surface area contributed by atoms with Gasteiger partial charge in [0, 0.05) is 13.2 Å². The summed E-state index contributed by atoms with van der Waals surface area (Å²) in [6.07, 6.45) is 1.19. The highest BCUT2D eigenvalue weighted by molar-refractivity contribution is 5.97. The highest BCUT2D eigenvalue weighted by Crippen LogP contribution is 2.22. The predicted molar refractivity (Wildman–Crippen MR) is 69.1 cm³/mol. The summed E-state index contributed by atoms with van der Waals surface area (Å²) in [5.41, 5.74) is -0.721. The summed E-state index contributed by atoms with van der Waals surface area (Å²) in [5, 5.41) is 2.84. The third kappa shape index (κ3) is 3.02. The summed E-state index contributed by atoms with van der Waals surface area (Å²) in [5.74, 6) is -0.0688. The molecular weight excluding hydrogens is 232 g/mol. The van der Waals surface area contributed by atoms with Gasteiger partial charge in [-0.15, -0.1) is 0 Å². The molecule has 1 N–H and O–H groups in total. The molecule has 0 aromatic carbocycles. The van der Waals surface area contributed by atoms with Crippen molar-refractivity contribution in [3.63, 3.8) is 0 Å². The number of carbonyl (C=O) groups is 2. The van der Waals surface area contributed by atoms with Crippen LogP contribution in [-0.2, 0) is 14.3 Å². The molecule has 1 unspecified atom stereocenters. The van der Waals surface area contributed by atoms with Crippen LogP contribution in [0.25, 0.3) is 0 Å². The van der Waals surface area contributed by atoms with Gasteiger partial charge >= 0.3 is 0 Å². The van der Waals surface area contributed by atoms with Crippen molar-refractivity contribution in [1.29, 1.82) is 0 Å². The van der Waals surface area contributed by atoms with Crippen LogP contribution in [0.15, 0.2) is 0 Å². The van der Waals surface area contributed by atoms with Crippen LogP contribution in [0, 0.1) is 0 Å². The van der Waals surface area contributed by atoms with Crippen molar-refractivity contribution in [3.05, 3.63) is 0 Å². The van der Waals surface area contributed by atoms with Gasteiger partial charge in [0.2, 0.25) is 11.8 Å². The van der Waals surface area contributed by atoms with Gasteiger partial charge in [-0.2, -0.15) is 0 Å². The fraction of sp³-hybridized carbons (Fsp3) is 0.846. The number of carbonyl (C=O) groups excluding carboxylic acids is 2. The molecule has 1 rings (SSSR count). The fourth-order valence-corrected chi connectivity index (χ4v) is 2.43. The van der Waals surface area contributed by atoms with E-state index in [0.29, 0.717) is 26.0 Å². The molecule has 5 nitrogen and oxygen atoms in total. The van der Waals surface area contributed by atoms with Crippen LogP contribution in [0.1, 0.15) is 40.5 Å². The lowest BCUT2D eigenvalue weighted by atomic mass is 9.89. The number of piperazine rings is 1. The number of hydrogen-bond acceptors (Lipinski definition) is 3. The minimum absolute atomic E-state index is 0.0126. The molecule has 1 fully saturated rings. The minimum atomic E-state index is -0.721. The molecule has 1 aliphatic rings. The molecule has 0 bridgehead atoms. The third-order valence-electron chi connectivity index (χ3n) is 3.55. The number of nitrogens with zero attached hydrogens (tertiary/aromatic N) is 1. The van der Waals surface area contributed by atoms with Crippen LogP contribution < -0.4 is 5.32 Å². The van der Waals surface area contributed by atoms with E-state index in [-0.39, 0.29) is 24.5 Å². The van der Waals surface area contributed by atoms with Crippen LogP contribution in [0.4, 0.5) is 0 Å². The van der Waals surface area contributed by atoms with Gasteiger partial charge in [-0.25, -0.2) is 0 Å². The first-order chi connectivity index (χ1) is 8.49. The van der Waals surface area contributed by atoms with Crippen molar-refractivity contribution in [1.82, 2.24) is 10.2 Å². The quantitative estimate of drug-likeness (QED) is 0.769. The second-order valence-electron chi connectivity index (χ2n) is 4.79. The Hall–Kier alpha value is -1.10. The van der Waals surface area contributed by atoms with E-state index in [1.807, 2.05) is 27.7 Å². The van der Waals surface area contributed by atoms with Gasteiger partial charge in [0.05, 0.1) is 12.6 Å². The Kier molecular flexibility index (Phi) is 5.14. The van der Waals surface area contributed by atoms with E-state index in [1.165, 1.54) is 0 Å². The van der Waals surface area contributed by atoms with Crippen molar-refractivity contribution in [2.75, 3.05) is 19.7 Å². The summed E-state index contributed by atoms with van der Waals surface area (Å²) < 4.78 is 5.44. The molecule has 0 aromatic rings. The Labute approximate surface area is 109 Å². The summed E-state index contributed by atoms with van der Waals surface area (Å²) >= 11 is 0. The van der Waals surface area contributed by atoms with Crippen LogP contribution in [0.2, 0.25) is 0 Å². The summed E-state index contributed by atoms with van der Waals surface area (Å²) in [6, 6.07) is 0. The normalized spacial score (nSPS) is 20.8. The molecule has 18 heavy (non-hydrogen) atoms. The first-order valence-electron chi connectivity index (χ1n) is 6.71. The van der Waals surface area contributed by atoms with E-state index >= 15 is 0 Å². The third-order valence-corrected chi connectivity index (χ3v) is 3.55. The standard InChI is InChI=1S/C13H24N2O3/c1-5-13(6-2)12(17)15(9-11(16)14-13)8-10(4)18-7-3/h10H,5-9H2,1-4H3,(H,14,16). The van der Waals surface area contributed by atoms with E-state index in [1.54, 1.807) is 4.90 Å². The predicted octanol–water partition coefficient (Wildman–Crippen LogP) is 0.929.